The molecule has 0 atom stereocenters. The van der Waals surface area contributed by atoms with Crippen molar-refractivity contribution >= 4 is 11.7 Å². The molecule has 6 nitrogen and oxygen atoms in total. The molecular weight excluding hydrogens is 244 g/mol. The molecule has 2 rings (SSSR count). The Morgan fingerprint density at radius 2 is 2.26 bits per heavy atom. The van der Waals surface area contributed by atoms with E-state index in [2.05, 4.69) is 5.10 Å². The van der Waals surface area contributed by atoms with Gasteiger partial charge in [0.15, 0.2) is 0 Å². The summed E-state index contributed by atoms with van der Waals surface area (Å²) in [5.41, 5.74) is 7.45. The zero-order valence-electron chi connectivity index (χ0n) is 11.3. The maximum Gasteiger partial charge on any atom is 0.355 e. The summed E-state index contributed by atoms with van der Waals surface area (Å²) in [7, 11) is 1.82. The van der Waals surface area contributed by atoms with Crippen LogP contribution in [0.2, 0.25) is 0 Å². The van der Waals surface area contributed by atoms with Crippen LogP contribution in [-0.4, -0.2) is 20.3 Å². The highest BCUT2D eigenvalue weighted by Crippen LogP contribution is 2.17. The second kappa shape index (κ2) is 5.17. The minimum atomic E-state index is -0.393. The van der Waals surface area contributed by atoms with Gasteiger partial charge in [0.05, 0.1) is 11.4 Å². The van der Waals surface area contributed by atoms with Crippen molar-refractivity contribution in [2.45, 2.75) is 26.5 Å². The molecule has 0 aliphatic carbocycles. The van der Waals surface area contributed by atoms with Crippen molar-refractivity contribution in [2.24, 2.45) is 7.05 Å². The normalized spacial score (nSPS) is 10.9. The zero-order chi connectivity index (χ0) is 14.0. The van der Waals surface area contributed by atoms with Crippen molar-refractivity contribution in [3.63, 3.8) is 0 Å². The van der Waals surface area contributed by atoms with Gasteiger partial charge in [-0.3, -0.25) is 4.68 Å². The third kappa shape index (κ3) is 2.96. The Hall–Kier alpha value is -2.24. The lowest BCUT2D eigenvalue weighted by Gasteiger charge is -2.11. The molecule has 0 unspecified atom stereocenters. The van der Waals surface area contributed by atoms with E-state index >= 15 is 0 Å². The first kappa shape index (κ1) is 13.2. The molecule has 2 N–H and O–H groups in total. The van der Waals surface area contributed by atoms with Crippen LogP contribution in [-0.2, 0) is 18.4 Å². The average molecular weight is 262 g/mol. The predicted octanol–water partition coefficient (Wildman–Crippen LogP) is 1.74. The number of esters is 1. The predicted molar refractivity (Wildman–Crippen MR) is 71.6 cm³/mol. The molecule has 0 bridgehead atoms. The standard InChI is InChI=1S/C13H18N4O2/c1-9(2)17-7-10(14)6-12(17)13(18)19-8-11-4-5-16(3)15-11/h4-7,9H,8,14H2,1-3H3. The largest absolute Gasteiger partial charge is 0.454 e. The molecule has 0 spiro atoms. The highest BCUT2D eigenvalue weighted by molar-refractivity contribution is 5.89. The number of carbonyl (C=O) groups excluding carboxylic acids is 1. The second-order valence-electron chi connectivity index (χ2n) is 4.72. The van der Waals surface area contributed by atoms with Crippen molar-refractivity contribution in [3.8, 4) is 0 Å². The Bertz CT molecular complexity index is 583. The highest BCUT2D eigenvalue weighted by Gasteiger charge is 2.16. The summed E-state index contributed by atoms with van der Waals surface area (Å²) in [5, 5.41) is 4.15. The van der Waals surface area contributed by atoms with Crippen LogP contribution in [0.1, 0.15) is 36.1 Å². The minimum absolute atomic E-state index is 0.148. The number of ether oxygens (including phenoxy) is 1. The number of nitrogens with zero attached hydrogens (tertiary/aromatic N) is 3. The molecule has 0 radical (unpaired) electrons. The van der Waals surface area contributed by atoms with Gasteiger partial charge in [0, 0.05) is 25.5 Å². The number of rotatable bonds is 4. The molecule has 0 aromatic carbocycles. The van der Waals surface area contributed by atoms with Crippen LogP contribution < -0.4 is 5.73 Å². The number of carbonyl (C=O) groups is 1. The molecule has 0 aliphatic rings. The van der Waals surface area contributed by atoms with Crippen LogP contribution in [0.5, 0.6) is 0 Å². The van der Waals surface area contributed by atoms with Crippen LogP contribution in [0.25, 0.3) is 0 Å². The third-order valence-electron chi connectivity index (χ3n) is 2.76. The van der Waals surface area contributed by atoms with Crippen molar-refractivity contribution in [1.29, 1.82) is 0 Å². The van der Waals surface area contributed by atoms with Crippen molar-refractivity contribution in [2.75, 3.05) is 5.73 Å². The first-order valence-electron chi connectivity index (χ1n) is 6.10. The Morgan fingerprint density at radius 1 is 1.53 bits per heavy atom. The number of nitrogens with two attached hydrogens (primary N) is 1. The Morgan fingerprint density at radius 3 is 2.84 bits per heavy atom. The lowest BCUT2D eigenvalue weighted by atomic mass is 10.3. The molecule has 2 aromatic rings. The van der Waals surface area contributed by atoms with Gasteiger partial charge in [0.1, 0.15) is 12.3 Å². The Labute approximate surface area is 111 Å². The molecule has 0 amide bonds. The Kier molecular flexibility index (Phi) is 3.59. The van der Waals surface area contributed by atoms with Gasteiger partial charge < -0.3 is 15.0 Å². The first-order valence-corrected chi connectivity index (χ1v) is 6.10. The van der Waals surface area contributed by atoms with Crippen molar-refractivity contribution in [3.05, 3.63) is 35.9 Å². The maximum absolute atomic E-state index is 12.0. The van der Waals surface area contributed by atoms with E-state index in [1.165, 1.54) is 0 Å². The summed E-state index contributed by atoms with van der Waals surface area (Å²) in [4.78, 5) is 12.0. The van der Waals surface area contributed by atoms with Crippen LogP contribution >= 0.6 is 0 Å². The summed E-state index contributed by atoms with van der Waals surface area (Å²) in [6.45, 7) is 4.12. The van der Waals surface area contributed by atoms with Gasteiger partial charge >= 0.3 is 5.97 Å². The summed E-state index contributed by atoms with van der Waals surface area (Å²) in [6, 6.07) is 3.58. The lowest BCUT2D eigenvalue weighted by molar-refractivity contribution is 0.0452. The summed E-state index contributed by atoms with van der Waals surface area (Å²) in [6.07, 6.45) is 3.54. The van der Waals surface area contributed by atoms with E-state index in [0.717, 1.165) is 0 Å². The first-order chi connectivity index (χ1) is 8.97. The average Bonchev–Trinajstić information content (AvgIpc) is 2.92. The summed E-state index contributed by atoms with van der Waals surface area (Å²) >= 11 is 0. The van der Waals surface area contributed by atoms with Crippen LogP contribution in [0, 0.1) is 0 Å². The fourth-order valence-electron chi connectivity index (χ4n) is 1.84. The van der Waals surface area contributed by atoms with Gasteiger partial charge in [-0.25, -0.2) is 4.79 Å². The third-order valence-corrected chi connectivity index (χ3v) is 2.76. The van der Waals surface area contributed by atoms with Gasteiger partial charge in [-0.2, -0.15) is 5.10 Å². The number of aryl methyl sites for hydroxylation is 1. The summed E-state index contributed by atoms with van der Waals surface area (Å²) < 4.78 is 8.71. The molecule has 0 fully saturated rings. The van der Waals surface area contributed by atoms with Crippen molar-refractivity contribution < 1.29 is 9.53 Å². The monoisotopic (exact) mass is 262 g/mol. The minimum Gasteiger partial charge on any atom is -0.454 e. The maximum atomic E-state index is 12.0. The molecule has 0 saturated carbocycles. The quantitative estimate of drug-likeness (QED) is 0.852. The molecule has 102 valence electrons. The van der Waals surface area contributed by atoms with Gasteiger partial charge in [-0.1, -0.05) is 0 Å². The SMILES string of the molecule is CC(C)n1cc(N)cc1C(=O)OCc1ccn(C)n1. The van der Waals surface area contributed by atoms with E-state index in [1.54, 1.807) is 27.7 Å². The molecule has 19 heavy (non-hydrogen) atoms. The van der Waals surface area contributed by atoms with E-state index < -0.39 is 5.97 Å². The van der Waals surface area contributed by atoms with Crippen LogP contribution in [0.15, 0.2) is 24.5 Å². The second-order valence-corrected chi connectivity index (χ2v) is 4.72. The molecule has 2 aromatic heterocycles. The van der Waals surface area contributed by atoms with E-state index in [4.69, 9.17) is 10.5 Å². The number of anilines is 1. The smallest absolute Gasteiger partial charge is 0.355 e. The van der Waals surface area contributed by atoms with Crippen LogP contribution in [0.4, 0.5) is 5.69 Å². The van der Waals surface area contributed by atoms with E-state index in [9.17, 15) is 4.79 Å². The topological polar surface area (TPSA) is 75.1 Å². The fraction of sp³-hybridized carbons (Fsp3) is 0.385. The van der Waals surface area contributed by atoms with Gasteiger partial charge in [0.2, 0.25) is 0 Å². The van der Waals surface area contributed by atoms with Crippen molar-refractivity contribution in [1.82, 2.24) is 14.3 Å². The van der Waals surface area contributed by atoms with E-state index in [1.807, 2.05) is 27.0 Å². The van der Waals surface area contributed by atoms with Gasteiger partial charge in [0.25, 0.3) is 0 Å². The molecule has 0 aliphatic heterocycles. The highest BCUT2D eigenvalue weighted by atomic mass is 16.5. The Balaban J connectivity index is 2.07. The van der Waals surface area contributed by atoms with Gasteiger partial charge in [-0.05, 0) is 26.0 Å². The molecule has 0 saturated heterocycles. The zero-order valence-corrected chi connectivity index (χ0v) is 11.3. The van der Waals surface area contributed by atoms with E-state index in [0.29, 0.717) is 17.1 Å². The number of nitrogen functional groups attached to an aromatic ring is 1. The number of aromatic nitrogens is 3. The lowest BCUT2D eigenvalue weighted by Crippen LogP contribution is -2.13. The molecular formula is C13H18N4O2. The van der Waals surface area contributed by atoms with Gasteiger partial charge in [-0.15, -0.1) is 0 Å². The fourth-order valence-corrected chi connectivity index (χ4v) is 1.84. The molecule has 6 heteroatoms. The van der Waals surface area contributed by atoms with Crippen LogP contribution in [0.3, 0.4) is 0 Å². The molecule has 2 heterocycles. The number of hydrogen-bond donors (Lipinski definition) is 1. The van der Waals surface area contributed by atoms with E-state index in [-0.39, 0.29) is 12.6 Å². The summed E-state index contributed by atoms with van der Waals surface area (Å²) in [5.74, 6) is -0.393. The number of hydrogen-bond acceptors (Lipinski definition) is 4.